The molecule has 0 unspecified atom stereocenters. The third kappa shape index (κ3) is 1.85. The van der Waals surface area contributed by atoms with Crippen molar-refractivity contribution in [2.45, 2.75) is 58.8 Å². The molecule has 0 aliphatic carbocycles. The Balaban J connectivity index is 2.82. The van der Waals surface area contributed by atoms with Gasteiger partial charge in [-0.1, -0.05) is 0 Å². The summed E-state index contributed by atoms with van der Waals surface area (Å²) in [5.74, 6) is 0.181. The Labute approximate surface area is 80.5 Å². The third-order valence-electron chi connectivity index (χ3n) is 3.21. The highest BCUT2D eigenvalue weighted by Gasteiger charge is 2.35. The number of hydrogen-bond donors (Lipinski definition) is 1. The standard InChI is InChI=1S/C10H20N2O/c1-6-8(3)12(10(5)13)9(4)7(2)11-6/h6-9,11H,1-5H3/t6-,7+,8+,9-. The van der Waals surface area contributed by atoms with Crippen LogP contribution >= 0.6 is 0 Å². The number of amides is 1. The summed E-state index contributed by atoms with van der Waals surface area (Å²) < 4.78 is 0. The SMILES string of the molecule is CC(=O)N1[C@H](C)[C@H](C)N[C@H](C)[C@@H]1C. The molecule has 4 atom stereocenters. The number of carbonyl (C=O) groups excluding carboxylic acids is 1. The lowest BCUT2D eigenvalue weighted by Crippen LogP contribution is -2.64. The average Bonchev–Trinajstić information content (AvgIpc) is 2.01. The Bertz CT molecular complexity index is 191. The first-order valence-electron chi connectivity index (χ1n) is 5.00. The Hall–Kier alpha value is -0.570. The molecule has 1 aliphatic heterocycles. The van der Waals surface area contributed by atoms with E-state index in [4.69, 9.17) is 0 Å². The lowest BCUT2D eigenvalue weighted by atomic mass is 9.97. The van der Waals surface area contributed by atoms with Gasteiger partial charge in [0.1, 0.15) is 0 Å². The van der Waals surface area contributed by atoms with Crippen molar-refractivity contribution in [1.29, 1.82) is 0 Å². The zero-order chi connectivity index (χ0) is 10.2. The van der Waals surface area contributed by atoms with Crippen LogP contribution < -0.4 is 5.32 Å². The van der Waals surface area contributed by atoms with Crippen molar-refractivity contribution in [1.82, 2.24) is 10.2 Å². The number of carbonyl (C=O) groups is 1. The van der Waals surface area contributed by atoms with Crippen LogP contribution in [-0.2, 0) is 4.79 Å². The average molecular weight is 184 g/mol. The van der Waals surface area contributed by atoms with Crippen LogP contribution in [-0.4, -0.2) is 35.0 Å². The second-order valence-corrected chi connectivity index (χ2v) is 4.15. The molecule has 1 rings (SSSR count). The van der Waals surface area contributed by atoms with E-state index in [0.29, 0.717) is 24.2 Å². The molecule has 13 heavy (non-hydrogen) atoms. The number of hydrogen-bond acceptors (Lipinski definition) is 2. The highest BCUT2D eigenvalue weighted by molar-refractivity contribution is 5.74. The van der Waals surface area contributed by atoms with Crippen LogP contribution in [0.5, 0.6) is 0 Å². The molecule has 3 nitrogen and oxygen atoms in total. The van der Waals surface area contributed by atoms with Crippen LogP contribution in [0.25, 0.3) is 0 Å². The van der Waals surface area contributed by atoms with Gasteiger partial charge in [0.2, 0.25) is 5.91 Å². The van der Waals surface area contributed by atoms with Crippen LogP contribution in [0.3, 0.4) is 0 Å². The maximum Gasteiger partial charge on any atom is 0.220 e. The molecule has 0 bridgehead atoms. The number of nitrogens with one attached hydrogen (secondary N) is 1. The molecule has 1 amide bonds. The first-order chi connectivity index (χ1) is 5.95. The molecule has 1 fully saturated rings. The van der Waals surface area contributed by atoms with E-state index >= 15 is 0 Å². The monoisotopic (exact) mass is 184 g/mol. The molecule has 1 saturated heterocycles. The van der Waals surface area contributed by atoms with E-state index in [1.807, 2.05) is 4.90 Å². The van der Waals surface area contributed by atoms with Gasteiger partial charge in [0.15, 0.2) is 0 Å². The van der Waals surface area contributed by atoms with Gasteiger partial charge in [-0.15, -0.1) is 0 Å². The van der Waals surface area contributed by atoms with Gasteiger partial charge in [-0.05, 0) is 27.7 Å². The van der Waals surface area contributed by atoms with Gasteiger partial charge in [-0.3, -0.25) is 4.79 Å². The van der Waals surface area contributed by atoms with Gasteiger partial charge in [0.05, 0.1) is 0 Å². The molecule has 3 heteroatoms. The number of nitrogens with zero attached hydrogens (tertiary/aromatic N) is 1. The minimum atomic E-state index is 0.181. The summed E-state index contributed by atoms with van der Waals surface area (Å²) in [5, 5.41) is 3.47. The predicted molar refractivity (Wildman–Crippen MR) is 53.5 cm³/mol. The molecular weight excluding hydrogens is 164 g/mol. The van der Waals surface area contributed by atoms with Crippen LogP contribution in [0.1, 0.15) is 34.6 Å². The fraction of sp³-hybridized carbons (Fsp3) is 0.900. The second kappa shape index (κ2) is 3.66. The van der Waals surface area contributed by atoms with Crippen molar-refractivity contribution in [2.24, 2.45) is 0 Å². The molecule has 76 valence electrons. The lowest BCUT2D eigenvalue weighted by molar-refractivity contribution is -0.136. The van der Waals surface area contributed by atoms with Gasteiger partial charge >= 0.3 is 0 Å². The Morgan fingerprint density at radius 2 is 1.46 bits per heavy atom. The zero-order valence-electron chi connectivity index (χ0n) is 9.16. The van der Waals surface area contributed by atoms with Crippen molar-refractivity contribution in [3.63, 3.8) is 0 Å². The summed E-state index contributed by atoms with van der Waals surface area (Å²) >= 11 is 0. The maximum atomic E-state index is 11.4. The Morgan fingerprint density at radius 1 is 1.08 bits per heavy atom. The van der Waals surface area contributed by atoms with E-state index in [-0.39, 0.29) is 5.91 Å². The summed E-state index contributed by atoms with van der Waals surface area (Å²) in [7, 11) is 0. The van der Waals surface area contributed by atoms with Crippen LogP contribution in [0.2, 0.25) is 0 Å². The second-order valence-electron chi connectivity index (χ2n) is 4.15. The van der Waals surface area contributed by atoms with E-state index < -0.39 is 0 Å². The molecule has 0 aromatic rings. The Morgan fingerprint density at radius 3 is 1.77 bits per heavy atom. The van der Waals surface area contributed by atoms with E-state index in [9.17, 15) is 4.79 Å². The first-order valence-corrected chi connectivity index (χ1v) is 5.00. The fourth-order valence-electron chi connectivity index (χ4n) is 2.12. The molecule has 1 N–H and O–H groups in total. The number of piperazine rings is 1. The normalized spacial score (nSPS) is 40.5. The van der Waals surface area contributed by atoms with Crippen molar-refractivity contribution < 1.29 is 4.79 Å². The van der Waals surface area contributed by atoms with Crippen LogP contribution in [0.15, 0.2) is 0 Å². The zero-order valence-corrected chi connectivity index (χ0v) is 9.16. The van der Waals surface area contributed by atoms with E-state index in [2.05, 4.69) is 33.0 Å². The maximum absolute atomic E-state index is 11.4. The summed E-state index contributed by atoms with van der Waals surface area (Å²) in [5.41, 5.74) is 0. The third-order valence-corrected chi connectivity index (χ3v) is 3.21. The van der Waals surface area contributed by atoms with Crippen LogP contribution in [0, 0.1) is 0 Å². The molecule has 0 aromatic carbocycles. The van der Waals surface area contributed by atoms with E-state index in [0.717, 1.165) is 0 Å². The molecule has 0 radical (unpaired) electrons. The van der Waals surface area contributed by atoms with Crippen LogP contribution in [0.4, 0.5) is 0 Å². The molecule has 1 aliphatic rings. The summed E-state index contributed by atoms with van der Waals surface area (Å²) in [6.07, 6.45) is 0. The molecule has 0 saturated carbocycles. The van der Waals surface area contributed by atoms with Crippen molar-refractivity contribution in [3.05, 3.63) is 0 Å². The lowest BCUT2D eigenvalue weighted by Gasteiger charge is -2.46. The summed E-state index contributed by atoms with van der Waals surface area (Å²) in [4.78, 5) is 13.4. The summed E-state index contributed by atoms with van der Waals surface area (Å²) in [6.45, 7) is 10.1. The fourth-order valence-corrected chi connectivity index (χ4v) is 2.12. The molecular formula is C10H20N2O. The highest BCUT2D eigenvalue weighted by atomic mass is 16.2. The van der Waals surface area contributed by atoms with Crippen molar-refractivity contribution >= 4 is 5.91 Å². The summed E-state index contributed by atoms with van der Waals surface area (Å²) in [6, 6.07) is 1.36. The smallest absolute Gasteiger partial charge is 0.220 e. The van der Waals surface area contributed by atoms with Gasteiger partial charge in [0.25, 0.3) is 0 Å². The highest BCUT2D eigenvalue weighted by Crippen LogP contribution is 2.18. The minimum Gasteiger partial charge on any atom is -0.334 e. The van der Waals surface area contributed by atoms with E-state index in [1.165, 1.54) is 0 Å². The minimum absolute atomic E-state index is 0.181. The van der Waals surface area contributed by atoms with Crippen molar-refractivity contribution in [3.8, 4) is 0 Å². The van der Waals surface area contributed by atoms with Crippen molar-refractivity contribution in [2.75, 3.05) is 0 Å². The van der Waals surface area contributed by atoms with Gasteiger partial charge in [-0.2, -0.15) is 0 Å². The topological polar surface area (TPSA) is 32.3 Å². The van der Waals surface area contributed by atoms with E-state index in [1.54, 1.807) is 6.92 Å². The molecule has 0 spiro atoms. The first kappa shape index (κ1) is 10.5. The van der Waals surface area contributed by atoms with Gasteiger partial charge in [0, 0.05) is 31.1 Å². The predicted octanol–water partition coefficient (Wildman–Crippen LogP) is 0.992. The number of rotatable bonds is 0. The van der Waals surface area contributed by atoms with Gasteiger partial charge in [-0.25, -0.2) is 0 Å². The quantitative estimate of drug-likeness (QED) is 0.609. The van der Waals surface area contributed by atoms with Gasteiger partial charge < -0.3 is 10.2 Å². The molecule has 1 heterocycles. The Kier molecular flexibility index (Phi) is 2.96. The molecule has 0 aromatic heterocycles. The largest absolute Gasteiger partial charge is 0.334 e.